The molecule has 0 bridgehead atoms. The Hall–Kier alpha value is -2.86. The Balaban J connectivity index is 1.76. The van der Waals surface area contributed by atoms with Crippen molar-refractivity contribution in [3.63, 3.8) is 0 Å². The van der Waals surface area contributed by atoms with Gasteiger partial charge in [-0.3, -0.25) is 4.79 Å². The number of ether oxygens (including phenoxy) is 1. The van der Waals surface area contributed by atoms with Crippen LogP contribution in [-0.4, -0.2) is 27.8 Å². The van der Waals surface area contributed by atoms with E-state index in [2.05, 4.69) is 15.4 Å². The molecule has 7 heteroatoms. The van der Waals surface area contributed by atoms with Gasteiger partial charge in [-0.25, -0.2) is 9.67 Å². The Morgan fingerprint density at radius 1 is 1.22 bits per heavy atom. The van der Waals surface area contributed by atoms with Crippen molar-refractivity contribution in [3.8, 4) is 11.4 Å². The summed E-state index contributed by atoms with van der Waals surface area (Å²) in [6.45, 7) is 0. The van der Waals surface area contributed by atoms with Crippen LogP contribution in [0.2, 0.25) is 5.02 Å². The lowest BCUT2D eigenvalue weighted by atomic mass is 10.3. The van der Waals surface area contributed by atoms with Gasteiger partial charge < -0.3 is 10.1 Å². The van der Waals surface area contributed by atoms with Crippen molar-refractivity contribution in [1.82, 2.24) is 14.8 Å². The molecule has 0 aliphatic rings. The van der Waals surface area contributed by atoms with Crippen molar-refractivity contribution < 1.29 is 9.53 Å². The molecule has 0 unspecified atom stereocenters. The lowest BCUT2D eigenvalue weighted by Gasteiger charge is -2.06. The molecule has 1 N–H and O–H groups in total. The number of carbonyl (C=O) groups is 1. The minimum atomic E-state index is -0.416. The fraction of sp³-hybridized carbons (Fsp3) is 0.0625. The first-order valence-electron chi connectivity index (χ1n) is 6.79. The number of rotatable bonds is 4. The first-order valence-corrected chi connectivity index (χ1v) is 7.17. The number of aromatic nitrogens is 3. The molecule has 3 aromatic rings. The molecule has 23 heavy (non-hydrogen) atoms. The molecule has 0 saturated carbocycles. The van der Waals surface area contributed by atoms with Crippen molar-refractivity contribution in [2.45, 2.75) is 0 Å². The standard InChI is InChI=1S/C16H13ClN4O2/c1-23-14-8-7-11(9-13(14)17)19-16(22)15-18-10-21(20-15)12-5-3-2-4-6-12/h2-10H,1H3,(H,19,22). The number of anilines is 1. The van der Waals surface area contributed by atoms with E-state index in [1.807, 2.05) is 30.3 Å². The molecule has 3 rings (SSSR count). The molecule has 116 valence electrons. The van der Waals surface area contributed by atoms with E-state index in [0.29, 0.717) is 16.5 Å². The van der Waals surface area contributed by atoms with Crippen LogP contribution in [0.4, 0.5) is 5.69 Å². The fourth-order valence-electron chi connectivity index (χ4n) is 2.00. The zero-order valence-electron chi connectivity index (χ0n) is 12.2. The van der Waals surface area contributed by atoms with Gasteiger partial charge in [0.05, 0.1) is 17.8 Å². The van der Waals surface area contributed by atoms with Gasteiger partial charge in [0.25, 0.3) is 5.91 Å². The van der Waals surface area contributed by atoms with Gasteiger partial charge in [-0.2, -0.15) is 0 Å². The van der Waals surface area contributed by atoms with Crippen molar-refractivity contribution in [3.05, 3.63) is 65.7 Å². The number of para-hydroxylation sites is 1. The van der Waals surface area contributed by atoms with Crippen molar-refractivity contribution in [2.24, 2.45) is 0 Å². The van der Waals surface area contributed by atoms with Crippen LogP contribution in [0.3, 0.4) is 0 Å². The van der Waals surface area contributed by atoms with Crippen LogP contribution in [0.1, 0.15) is 10.6 Å². The third kappa shape index (κ3) is 3.32. The topological polar surface area (TPSA) is 69.0 Å². The lowest BCUT2D eigenvalue weighted by molar-refractivity contribution is 0.101. The van der Waals surface area contributed by atoms with Gasteiger partial charge in [-0.15, -0.1) is 5.10 Å². The maximum absolute atomic E-state index is 12.2. The Morgan fingerprint density at radius 3 is 2.70 bits per heavy atom. The van der Waals surface area contributed by atoms with Gasteiger partial charge in [0.2, 0.25) is 5.82 Å². The second-order valence-corrected chi connectivity index (χ2v) is 5.06. The number of hydrogen-bond acceptors (Lipinski definition) is 4. The Bertz CT molecular complexity index is 833. The molecule has 6 nitrogen and oxygen atoms in total. The van der Waals surface area contributed by atoms with Crippen LogP contribution >= 0.6 is 11.6 Å². The molecule has 1 aromatic heterocycles. The highest BCUT2D eigenvalue weighted by atomic mass is 35.5. The molecule has 0 spiro atoms. The average molecular weight is 329 g/mol. The monoisotopic (exact) mass is 328 g/mol. The van der Waals surface area contributed by atoms with E-state index in [9.17, 15) is 4.79 Å². The molecule has 1 heterocycles. The molecule has 2 aromatic carbocycles. The van der Waals surface area contributed by atoms with Crippen LogP contribution in [0.5, 0.6) is 5.75 Å². The average Bonchev–Trinajstić information content (AvgIpc) is 3.06. The molecule has 0 saturated heterocycles. The highest BCUT2D eigenvalue weighted by molar-refractivity contribution is 6.32. The van der Waals surface area contributed by atoms with Crippen LogP contribution in [0, 0.1) is 0 Å². The molecule has 0 radical (unpaired) electrons. The van der Waals surface area contributed by atoms with E-state index in [0.717, 1.165) is 5.69 Å². The van der Waals surface area contributed by atoms with E-state index < -0.39 is 5.91 Å². The minimum Gasteiger partial charge on any atom is -0.495 e. The minimum absolute atomic E-state index is 0.0702. The SMILES string of the molecule is COc1ccc(NC(=O)c2ncn(-c3ccccc3)n2)cc1Cl. The number of benzene rings is 2. The summed E-state index contributed by atoms with van der Waals surface area (Å²) in [5, 5.41) is 7.28. The third-order valence-corrected chi connectivity index (χ3v) is 3.42. The first kappa shape index (κ1) is 15.1. The van der Waals surface area contributed by atoms with E-state index >= 15 is 0 Å². The normalized spacial score (nSPS) is 10.3. The maximum Gasteiger partial charge on any atom is 0.295 e. The van der Waals surface area contributed by atoms with E-state index in [-0.39, 0.29) is 5.82 Å². The number of amides is 1. The summed E-state index contributed by atoms with van der Waals surface area (Å²) in [5.41, 5.74) is 1.36. The van der Waals surface area contributed by atoms with Crippen LogP contribution < -0.4 is 10.1 Å². The summed E-state index contributed by atoms with van der Waals surface area (Å²) in [6, 6.07) is 14.4. The molecule has 0 aliphatic carbocycles. The van der Waals surface area contributed by atoms with Crippen LogP contribution in [0.25, 0.3) is 5.69 Å². The second kappa shape index (κ2) is 6.50. The predicted octanol–water partition coefficient (Wildman–Crippen LogP) is 3.18. The van der Waals surface area contributed by atoms with Gasteiger partial charge in [0.15, 0.2) is 0 Å². The summed E-state index contributed by atoms with van der Waals surface area (Å²) in [6.07, 6.45) is 1.49. The van der Waals surface area contributed by atoms with Gasteiger partial charge in [-0.05, 0) is 30.3 Å². The van der Waals surface area contributed by atoms with Gasteiger partial charge in [0, 0.05) is 5.69 Å². The fourth-order valence-corrected chi connectivity index (χ4v) is 2.26. The van der Waals surface area contributed by atoms with Crippen molar-refractivity contribution in [2.75, 3.05) is 12.4 Å². The largest absolute Gasteiger partial charge is 0.495 e. The number of nitrogens with one attached hydrogen (secondary N) is 1. The molecule has 0 atom stereocenters. The predicted molar refractivity (Wildman–Crippen MR) is 87.3 cm³/mol. The van der Waals surface area contributed by atoms with Gasteiger partial charge >= 0.3 is 0 Å². The first-order chi connectivity index (χ1) is 11.2. The zero-order chi connectivity index (χ0) is 16.2. The van der Waals surface area contributed by atoms with Gasteiger partial charge in [0.1, 0.15) is 12.1 Å². The Labute approximate surface area is 137 Å². The number of halogens is 1. The summed E-state index contributed by atoms with van der Waals surface area (Å²) in [5.74, 6) is 0.192. The second-order valence-electron chi connectivity index (χ2n) is 4.65. The highest BCUT2D eigenvalue weighted by Gasteiger charge is 2.13. The zero-order valence-corrected chi connectivity index (χ0v) is 13.0. The van der Waals surface area contributed by atoms with Crippen molar-refractivity contribution >= 4 is 23.2 Å². The third-order valence-electron chi connectivity index (χ3n) is 3.13. The molecular weight excluding hydrogens is 316 g/mol. The molecular formula is C16H13ClN4O2. The number of hydrogen-bond donors (Lipinski definition) is 1. The van der Waals surface area contributed by atoms with E-state index in [1.165, 1.54) is 18.1 Å². The summed E-state index contributed by atoms with van der Waals surface area (Å²) in [4.78, 5) is 16.2. The Kier molecular flexibility index (Phi) is 4.25. The van der Waals surface area contributed by atoms with E-state index in [1.54, 1.807) is 18.2 Å². The van der Waals surface area contributed by atoms with Crippen LogP contribution in [-0.2, 0) is 0 Å². The maximum atomic E-state index is 12.2. The summed E-state index contributed by atoms with van der Waals surface area (Å²) < 4.78 is 6.61. The summed E-state index contributed by atoms with van der Waals surface area (Å²) in [7, 11) is 1.53. The quantitative estimate of drug-likeness (QED) is 0.798. The molecule has 0 fully saturated rings. The smallest absolute Gasteiger partial charge is 0.295 e. The Morgan fingerprint density at radius 2 is 2.00 bits per heavy atom. The summed E-state index contributed by atoms with van der Waals surface area (Å²) >= 11 is 6.03. The highest BCUT2D eigenvalue weighted by Crippen LogP contribution is 2.27. The number of methoxy groups -OCH3 is 1. The number of nitrogens with zero attached hydrogens (tertiary/aromatic N) is 3. The van der Waals surface area contributed by atoms with E-state index in [4.69, 9.17) is 16.3 Å². The van der Waals surface area contributed by atoms with Crippen molar-refractivity contribution in [1.29, 1.82) is 0 Å². The molecule has 1 amide bonds. The van der Waals surface area contributed by atoms with Gasteiger partial charge in [-0.1, -0.05) is 29.8 Å². The lowest BCUT2D eigenvalue weighted by Crippen LogP contribution is -2.14. The molecule has 0 aliphatic heterocycles. The van der Waals surface area contributed by atoms with Crippen LogP contribution in [0.15, 0.2) is 54.9 Å². The number of carbonyl (C=O) groups excluding carboxylic acids is 1.